The van der Waals surface area contributed by atoms with Crippen LogP contribution in [0.15, 0.2) is 64.3 Å². The highest BCUT2D eigenvalue weighted by atomic mass is 16.5. The van der Waals surface area contributed by atoms with Crippen LogP contribution in [0.5, 0.6) is 0 Å². The van der Waals surface area contributed by atoms with E-state index < -0.39 is 5.41 Å². The molecule has 7 aliphatic rings. The van der Waals surface area contributed by atoms with Gasteiger partial charge in [-0.1, -0.05) is 32.3 Å². The van der Waals surface area contributed by atoms with Crippen molar-refractivity contribution in [3.8, 4) is 0 Å². The smallest absolute Gasteiger partial charge is 0.340 e. The molecular weight excluding hydrogens is 538 g/mol. The monoisotopic (exact) mass is 583 g/mol. The number of aromatic nitrogens is 1. The lowest BCUT2D eigenvalue weighted by molar-refractivity contribution is -0.135. The lowest BCUT2D eigenvalue weighted by atomic mass is 9.44. The number of nitrogens with zero attached hydrogens (tertiary/aromatic N) is 1. The van der Waals surface area contributed by atoms with E-state index in [0.29, 0.717) is 18.2 Å². The molecule has 2 bridgehead atoms. The Morgan fingerprint density at radius 2 is 1.98 bits per heavy atom. The van der Waals surface area contributed by atoms with Crippen molar-refractivity contribution in [1.29, 1.82) is 0 Å². The highest BCUT2D eigenvalue weighted by Crippen LogP contribution is 2.70. The Balaban J connectivity index is 1.38. The first-order valence-electron chi connectivity index (χ1n) is 16.5. The second-order valence-corrected chi connectivity index (χ2v) is 14.0. The Morgan fingerprint density at radius 1 is 1.16 bits per heavy atom. The van der Waals surface area contributed by atoms with Crippen molar-refractivity contribution in [3.63, 3.8) is 0 Å². The maximum Gasteiger partial charge on any atom is 0.340 e. The number of allylic oxidation sites excluding steroid dienone is 5. The zero-order valence-electron chi connectivity index (χ0n) is 25.8. The van der Waals surface area contributed by atoms with Crippen molar-refractivity contribution < 1.29 is 19.1 Å². The number of hydrogen-bond acceptors (Lipinski definition) is 7. The molecule has 7 heteroatoms. The summed E-state index contributed by atoms with van der Waals surface area (Å²) in [6, 6.07) is 3.91. The van der Waals surface area contributed by atoms with E-state index in [1.54, 1.807) is 6.20 Å². The molecule has 1 saturated heterocycles. The zero-order valence-corrected chi connectivity index (χ0v) is 25.8. The van der Waals surface area contributed by atoms with Gasteiger partial charge >= 0.3 is 11.9 Å². The van der Waals surface area contributed by atoms with Crippen LogP contribution in [-0.2, 0) is 25.5 Å². The second-order valence-electron chi connectivity index (χ2n) is 14.0. The summed E-state index contributed by atoms with van der Waals surface area (Å²) in [4.78, 5) is 32.1. The number of rotatable bonds is 8. The van der Waals surface area contributed by atoms with Crippen LogP contribution in [0.4, 0.5) is 5.82 Å². The van der Waals surface area contributed by atoms with Crippen LogP contribution in [0.3, 0.4) is 0 Å². The molecule has 43 heavy (non-hydrogen) atoms. The second kappa shape index (κ2) is 10.8. The van der Waals surface area contributed by atoms with Crippen molar-refractivity contribution in [2.75, 3.05) is 19.3 Å². The van der Waals surface area contributed by atoms with Gasteiger partial charge in [0.15, 0.2) is 0 Å². The minimum atomic E-state index is -0.630. The fraction of sp³-hybridized carbons (Fsp3) is 0.583. The fourth-order valence-electron chi connectivity index (χ4n) is 9.76. The molecule has 5 aliphatic carbocycles. The molecule has 228 valence electrons. The number of anilines is 1. The number of hydrogen-bond donors (Lipinski definition) is 2. The van der Waals surface area contributed by atoms with Gasteiger partial charge in [0.1, 0.15) is 17.3 Å². The van der Waals surface area contributed by atoms with E-state index >= 15 is 0 Å². The Hall–Kier alpha value is -3.19. The van der Waals surface area contributed by atoms with E-state index in [-0.39, 0.29) is 35.1 Å². The largest absolute Gasteiger partial charge is 0.427 e. The molecule has 1 spiro atoms. The van der Waals surface area contributed by atoms with E-state index in [2.05, 4.69) is 36.3 Å². The molecule has 1 aromatic heterocycles. The highest BCUT2D eigenvalue weighted by Gasteiger charge is 2.68. The molecule has 0 aromatic carbocycles. The Bertz CT molecular complexity index is 1480. The van der Waals surface area contributed by atoms with E-state index in [1.807, 2.05) is 19.2 Å². The van der Waals surface area contributed by atoms with Gasteiger partial charge in [0.2, 0.25) is 0 Å². The fourth-order valence-corrected chi connectivity index (χ4v) is 9.76. The molecule has 0 radical (unpaired) electrons. The molecule has 1 aromatic rings. The van der Waals surface area contributed by atoms with E-state index in [0.717, 1.165) is 91.7 Å². The van der Waals surface area contributed by atoms with Crippen LogP contribution in [0.2, 0.25) is 0 Å². The van der Waals surface area contributed by atoms with Crippen LogP contribution < -0.4 is 11.1 Å². The van der Waals surface area contributed by atoms with Crippen molar-refractivity contribution >= 4 is 17.8 Å². The number of ether oxygens (including phenoxy) is 2. The van der Waals surface area contributed by atoms with Crippen LogP contribution >= 0.6 is 0 Å². The number of fused-ring (bicyclic) bond motifs is 1. The number of nitrogens with two attached hydrogens (primary N) is 1. The molecule has 0 amide bonds. The van der Waals surface area contributed by atoms with E-state index in [1.165, 1.54) is 18.4 Å². The summed E-state index contributed by atoms with van der Waals surface area (Å²) in [6.45, 7) is 5.34. The lowest BCUT2D eigenvalue weighted by Gasteiger charge is -2.56. The summed E-state index contributed by atoms with van der Waals surface area (Å²) < 4.78 is 12.5. The summed E-state index contributed by atoms with van der Waals surface area (Å²) in [5.74, 6) is 2.37. The molecule has 5 atom stereocenters. The minimum Gasteiger partial charge on any atom is -0.427 e. The summed E-state index contributed by atoms with van der Waals surface area (Å²) in [5, 5.41) is 3.27. The van der Waals surface area contributed by atoms with Gasteiger partial charge < -0.3 is 20.5 Å². The molecule has 8 rings (SSSR count). The first-order valence-corrected chi connectivity index (χ1v) is 16.5. The van der Waals surface area contributed by atoms with Crippen LogP contribution in [0, 0.1) is 34.5 Å². The third kappa shape index (κ3) is 4.44. The quantitative estimate of drug-likeness (QED) is 0.345. The van der Waals surface area contributed by atoms with E-state index in [4.69, 9.17) is 15.2 Å². The molecule has 0 unspecified atom stereocenters. The van der Waals surface area contributed by atoms with Gasteiger partial charge in [0.25, 0.3) is 0 Å². The number of nitrogen functional groups attached to an aromatic ring is 1. The molecule has 3 heterocycles. The van der Waals surface area contributed by atoms with Gasteiger partial charge in [-0.2, -0.15) is 0 Å². The van der Waals surface area contributed by atoms with E-state index in [9.17, 15) is 9.59 Å². The number of nitrogens with one attached hydrogen (secondary N) is 1. The Kier molecular flexibility index (Phi) is 7.15. The van der Waals surface area contributed by atoms with Crippen molar-refractivity contribution in [1.82, 2.24) is 10.3 Å². The number of carbonyl (C=O) groups excluding carboxylic acids is 2. The normalized spacial score (nSPS) is 33.1. The maximum atomic E-state index is 14.0. The van der Waals surface area contributed by atoms with Crippen LogP contribution in [0.1, 0.15) is 83.6 Å². The first kappa shape index (κ1) is 28.6. The molecule has 3 fully saturated rings. The molecule has 3 N–H and O–H groups in total. The third-order valence-corrected chi connectivity index (χ3v) is 11.7. The third-order valence-electron chi connectivity index (χ3n) is 11.7. The maximum absolute atomic E-state index is 14.0. The molecule has 2 aliphatic heterocycles. The Labute approximate surface area is 255 Å². The topological polar surface area (TPSA) is 104 Å². The van der Waals surface area contributed by atoms with Gasteiger partial charge in [0, 0.05) is 23.3 Å². The average Bonchev–Trinajstić information content (AvgIpc) is 3.67. The Morgan fingerprint density at radius 3 is 2.72 bits per heavy atom. The van der Waals surface area contributed by atoms with Gasteiger partial charge in [-0.05, 0) is 124 Å². The predicted octanol–water partition coefficient (Wildman–Crippen LogP) is 6.33. The SMILES string of the molecule is CCC1(C=C2OC(=O)C3=C2CC[C@@H]2[C@@H]3[C@]34CC[C@H]2C(Cc2ccnc(N)c2)=C3C(=O)OC4=CC[C@H](C)CNC)CCCC1. The molecule has 7 nitrogen and oxygen atoms in total. The summed E-state index contributed by atoms with van der Waals surface area (Å²) >= 11 is 0. The first-order chi connectivity index (χ1) is 20.8. The lowest BCUT2D eigenvalue weighted by Crippen LogP contribution is -2.52. The van der Waals surface area contributed by atoms with Crippen molar-refractivity contribution in [2.24, 2.45) is 34.5 Å². The van der Waals surface area contributed by atoms with Crippen molar-refractivity contribution in [3.05, 3.63) is 69.9 Å². The average molecular weight is 584 g/mol. The summed E-state index contributed by atoms with van der Waals surface area (Å²) in [5.41, 5.74) is 10.5. The standard InChI is InChI=1S/C36H45N3O4/c1-4-35(13-5-6-14-35)19-27-25-9-8-24-23-11-15-36(31(24)30(25)33(40)42-27)28(10-7-21(2)20-38-3)43-34(41)32(36)26(23)17-22-12-16-39-29(37)18-22/h10,12,16,18-19,21,23-24,31,38H,4-9,11,13-15,17,20H2,1-3H3,(H2,37,39)/t21-,23+,24-,31-,36+/m0/s1. The van der Waals surface area contributed by atoms with Crippen molar-refractivity contribution in [2.45, 2.75) is 84.5 Å². The molecular formula is C36H45N3O4. The highest BCUT2D eigenvalue weighted by molar-refractivity contribution is 6.00. The van der Waals surface area contributed by atoms with Crippen LogP contribution in [0.25, 0.3) is 0 Å². The number of pyridine rings is 1. The molecule has 2 saturated carbocycles. The van der Waals surface area contributed by atoms with Gasteiger partial charge in [0.05, 0.1) is 11.0 Å². The zero-order chi connectivity index (χ0) is 29.9. The minimum absolute atomic E-state index is 0.104. The van der Waals surface area contributed by atoms with Gasteiger partial charge in [-0.25, -0.2) is 14.6 Å². The number of esters is 2. The summed E-state index contributed by atoms with van der Waals surface area (Å²) in [7, 11) is 1.96. The van der Waals surface area contributed by atoms with Crippen LogP contribution in [-0.4, -0.2) is 30.5 Å². The number of cyclic esters (lactones) is 2. The predicted molar refractivity (Wildman–Crippen MR) is 165 cm³/mol. The van der Waals surface area contributed by atoms with Gasteiger partial charge in [-0.3, -0.25) is 0 Å². The van der Waals surface area contributed by atoms with Gasteiger partial charge in [-0.15, -0.1) is 0 Å². The summed E-state index contributed by atoms with van der Waals surface area (Å²) in [6.07, 6.45) is 17.1. The number of carbonyl (C=O) groups is 2.